The van der Waals surface area contributed by atoms with E-state index in [1.54, 1.807) is 18.2 Å². The average molecular weight is 379 g/mol. The SMILES string of the molecule is Cc1nc(C(=O)NCCc2ccc(Cl)cc2Cl)cc(N2CCCC2)n1. The van der Waals surface area contributed by atoms with Gasteiger partial charge in [0.05, 0.1) is 0 Å². The maximum atomic E-state index is 12.4. The predicted octanol–water partition coefficient (Wildman–Crippen LogP) is 3.66. The van der Waals surface area contributed by atoms with Gasteiger partial charge in [-0.2, -0.15) is 0 Å². The zero-order valence-electron chi connectivity index (χ0n) is 14.1. The van der Waals surface area contributed by atoms with Crippen molar-refractivity contribution in [2.24, 2.45) is 0 Å². The minimum atomic E-state index is -0.198. The van der Waals surface area contributed by atoms with E-state index in [0.29, 0.717) is 34.5 Å². The Kier molecular flexibility index (Phi) is 5.76. The first-order valence-electron chi connectivity index (χ1n) is 8.36. The highest BCUT2D eigenvalue weighted by Crippen LogP contribution is 2.21. The van der Waals surface area contributed by atoms with Crippen molar-refractivity contribution in [3.8, 4) is 0 Å². The quantitative estimate of drug-likeness (QED) is 0.862. The van der Waals surface area contributed by atoms with Crippen LogP contribution in [0.4, 0.5) is 5.82 Å². The Morgan fingerprint density at radius 3 is 2.68 bits per heavy atom. The van der Waals surface area contributed by atoms with Crippen LogP contribution in [-0.2, 0) is 6.42 Å². The minimum absolute atomic E-state index is 0.198. The van der Waals surface area contributed by atoms with Crippen LogP contribution >= 0.6 is 23.2 Å². The summed E-state index contributed by atoms with van der Waals surface area (Å²) in [6.07, 6.45) is 2.95. The van der Waals surface area contributed by atoms with Gasteiger partial charge < -0.3 is 10.2 Å². The van der Waals surface area contributed by atoms with Crippen molar-refractivity contribution < 1.29 is 4.79 Å². The van der Waals surface area contributed by atoms with E-state index in [0.717, 1.165) is 37.3 Å². The van der Waals surface area contributed by atoms with Gasteiger partial charge in [-0.25, -0.2) is 9.97 Å². The Labute approximate surface area is 157 Å². The van der Waals surface area contributed by atoms with Gasteiger partial charge in [0.15, 0.2) is 0 Å². The molecule has 2 aromatic rings. The van der Waals surface area contributed by atoms with Crippen molar-refractivity contribution in [2.45, 2.75) is 26.2 Å². The lowest BCUT2D eigenvalue weighted by molar-refractivity contribution is 0.0948. The minimum Gasteiger partial charge on any atom is -0.356 e. The summed E-state index contributed by atoms with van der Waals surface area (Å²) in [6.45, 7) is 4.24. The largest absolute Gasteiger partial charge is 0.356 e. The zero-order chi connectivity index (χ0) is 17.8. The summed E-state index contributed by atoms with van der Waals surface area (Å²) < 4.78 is 0. The van der Waals surface area contributed by atoms with E-state index in [-0.39, 0.29) is 5.91 Å². The molecule has 2 heterocycles. The maximum Gasteiger partial charge on any atom is 0.270 e. The van der Waals surface area contributed by atoms with Crippen LogP contribution in [0.1, 0.15) is 34.7 Å². The average Bonchev–Trinajstić information content (AvgIpc) is 3.11. The molecule has 1 amide bonds. The number of hydrogen-bond donors (Lipinski definition) is 1. The summed E-state index contributed by atoms with van der Waals surface area (Å²) in [5.41, 5.74) is 1.35. The molecule has 1 fully saturated rings. The summed E-state index contributed by atoms with van der Waals surface area (Å²) in [7, 11) is 0. The highest BCUT2D eigenvalue weighted by molar-refractivity contribution is 6.35. The molecule has 1 aromatic heterocycles. The van der Waals surface area contributed by atoms with Gasteiger partial charge in [0.25, 0.3) is 5.91 Å². The van der Waals surface area contributed by atoms with Crippen LogP contribution in [0, 0.1) is 6.92 Å². The molecule has 0 unspecified atom stereocenters. The molecule has 1 aromatic carbocycles. The van der Waals surface area contributed by atoms with E-state index in [9.17, 15) is 4.79 Å². The van der Waals surface area contributed by atoms with Gasteiger partial charge in [-0.3, -0.25) is 4.79 Å². The van der Waals surface area contributed by atoms with Crippen LogP contribution in [0.15, 0.2) is 24.3 Å². The lowest BCUT2D eigenvalue weighted by Crippen LogP contribution is -2.28. The van der Waals surface area contributed by atoms with E-state index in [2.05, 4.69) is 20.2 Å². The lowest BCUT2D eigenvalue weighted by Gasteiger charge is -2.17. The summed E-state index contributed by atoms with van der Waals surface area (Å²) in [5.74, 6) is 1.24. The molecule has 1 saturated heterocycles. The fraction of sp³-hybridized carbons (Fsp3) is 0.389. The van der Waals surface area contributed by atoms with Crippen LogP contribution in [0.25, 0.3) is 0 Å². The molecule has 0 radical (unpaired) electrons. The van der Waals surface area contributed by atoms with Crippen LogP contribution in [0.3, 0.4) is 0 Å². The molecule has 0 bridgehead atoms. The summed E-state index contributed by atoms with van der Waals surface area (Å²) >= 11 is 12.0. The first kappa shape index (κ1) is 18.0. The van der Waals surface area contributed by atoms with Gasteiger partial charge in [-0.15, -0.1) is 0 Å². The topological polar surface area (TPSA) is 58.1 Å². The molecular formula is C18H20Cl2N4O. The van der Waals surface area contributed by atoms with Gasteiger partial charge in [-0.05, 0) is 43.9 Å². The second kappa shape index (κ2) is 8.02. The Balaban J connectivity index is 1.62. The molecule has 25 heavy (non-hydrogen) atoms. The van der Waals surface area contributed by atoms with Gasteiger partial charge in [0.2, 0.25) is 0 Å². The van der Waals surface area contributed by atoms with Crippen LogP contribution in [0.2, 0.25) is 10.0 Å². The van der Waals surface area contributed by atoms with Gasteiger partial charge in [0, 0.05) is 35.7 Å². The van der Waals surface area contributed by atoms with Crippen molar-refractivity contribution in [3.05, 3.63) is 51.4 Å². The van der Waals surface area contributed by atoms with Gasteiger partial charge in [0.1, 0.15) is 17.3 Å². The number of carbonyl (C=O) groups is 1. The molecule has 132 valence electrons. The molecule has 0 atom stereocenters. The Morgan fingerprint density at radius 2 is 1.96 bits per heavy atom. The maximum absolute atomic E-state index is 12.4. The second-order valence-electron chi connectivity index (χ2n) is 6.09. The summed E-state index contributed by atoms with van der Waals surface area (Å²) in [6, 6.07) is 7.14. The monoisotopic (exact) mass is 378 g/mol. The Hall–Kier alpha value is -1.85. The highest BCUT2D eigenvalue weighted by Gasteiger charge is 2.17. The summed E-state index contributed by atoms with van der Waals surface area (Å²) in [5, 5.41) is 4.10. The van der Waals surface area contributed by atoms with E-state index >= 15 is 0 Å². The number of benzene rings is 1. The van der Waals surface area contributed by atoms with Gasteiger partial charge >= 0.3 is 0 Å². The van der Waals surface area contributed by atoms with E-state index < -0.39 is 0 Å². The van der Waals surface area contributed by atoms with Crippen molar-refractivity contribution in [1.29, 1.82) is 0 Å². The molecule has 1 aliphatic rings. The lowest BCUT2D eigenvalue weighted by atomic mass is 10.1. The number of rotatable bonds is 5. The standard InChI is InChI=1S/C18H20Cl2N4O/c1-12-22-16(11-17(23-12)24-8-2-3-9-24)18(25)21-7-6-13-4-5-14(19)10-15(13)20/h4-5,10-11H,2-3,6-9H2,1H3,(H,21,25). The number of aromatic nitrogens is 2. The normalized spacial score (nSPS) is 14.0. The first-order valence-corrected chi connectivity index (χ1v) is 9.11. The Morgan fingerprint density at radius 1 is 1.20 bits per heavy atom. The van der Waals surface area contributed by atoms with Crippen molar-refractivity contribution in [3.63, 3.8) is 0 Å². The van der Waals surface area contributed by atoms with Crippen LogP contribution < -0.4 is 10.2 Å². The number of nitrogens with zero attached hydrogens (tertiary/aromatic N) is 3. The fourth-order valence-electron chi connectivity index (χ4n) is 2.90. The first-order chi connectivity index (χ1) is 12.0. The number of aryl methyl sites for hydroxylation is 1. The van der Waals surface area contributed by atoms with Crippen molar-refractivity contribution >= 4 is 34.9 Å². The van der Waals surface area contributed by atoms with E-state index in [4.69, 9.17) is 23.2 Å². The molecular weight excluding hydrogens is 359 g/mol. The third-order valence-electron chi connectivity index (χ3n) is 4.18. The van der Waals surface area contributed by atoms with Crippen molar-refractivity contribution in [1.82, 2.24) is 15.3 Å². The van der Waals surface area contributed by atoms with Gasteiger partial charge in [-0.1, -0.05) is 29.3 Å². The third-order valence-corrected chi connectivity index (χ3v) is 4.77. The Bertz CT molecular complexity index is 776. The van der Waals surface area contributed by atoms with E-state index in [1.165, 1.54) is 0 Å². The molecule has 1 aliphatic heterocycles. The molecule has 1 N–H and O–H groups in total. The summed E-state index contributed by atoms with van der Waals surface area (Å²) in [4.78, 5) is 23.3. The van der Waals surface area contributed by atoms with Crippen LogP contribution in [0.5, 0.6) is 0 Å². The number of anilines is 1. The molecule has 7 heteroatoms. The smallest absolute Gasteiger partial charge is 0.270 e. The molecule has 0 spiro atoms. The molecule has 3 rings (SSSR count). The van der Waals surface area contributed by atoms with Crippen LogP contribution in [-0.4, -0.2) is 35.5 Å². The molecule has 5 nitrogen and oxygen atoms in total. The third kappa shape index (κ3) is 4.61. The second-order valence-corrected chi connectivity index (χ2v) is 6.94. The molecule has 0 aliphatic carbocycles. The number of halogens is 2. The number of carbonyl (C=O) groups excluding carboxylic acids is 1. The van der Waals surface area contributed by atoms with E-state index in [1.807, 2.05) is 13.0 Å². The number of amides is 1. The molecule has 0 saturated carbocycles. The predicted molar refractivity (Wildman–Crippen MR) is 101 cm³/mol. The van der Waals surface area contributed by atoms with Crippen molar-refractivity contribution in [2.75, 3.05) is 24.5 Å². The zero-order valence-corrected chi connectivity index (χ0v) is 15.6. The number of nitrogens with one attached hydrogen (secondary N) is 1. The fourth-order valence-corrected chi connectivity index (χ4v) is 3.41. The highest BCUT2D eigenvalue weighted by atomic mass is 35.5. The number of hydrogen-bond acceptors (Lipinski definition) is 4.